The molecule has 5 nitrogen and oxygen atoms in total. The molecule has 31 heavy (non-hydrogen) atoms. The number of hydrogen-bond acceptors (Lipinski definition) is 4. The van der Waals surface area contributed by atoms with Gasteiger partial charge in [0.2, 0.25) is 0 Å². The van der Waals surface area contributed by atoms with Gasteiger partial charge in [-0.3, -0.25) is 4.79 Å². The molecule has 1 atom stereocenters. The van der Waals surface area contributed by atoms with Gasteiger partial charge in [0.1, 0.15) is 18.3 Å². The van der Waals surface area contributed by atoms with Crippen LogP contribution in [0.4, 0.5) is 23.4 Å². The molecule has 1 aromatic carbocycles. The second-order valence-corrected chi connectivity index (χ2v) is 8.14. The van der Waals surface area contributed by atoms with Crippen LogP contribution in [0.2, 0.25) is 0 Å². The number of aromatic nitrogens is 3. The number of rotatable bonds is 5. The lowest BCUT2D eigenvalue weighted by molar-refractivity contribution is -0.138. The van der Waals surface area contributed by atoms with Crippen LogP contribution in [0.1, 0.15) is 48.3 Å². The van der Waals surface area contributed by atoms with Crippen molar-refractivity contribution in [3.63, 3.8) is 0 Å². The summed E-state index contributed by atoms with van der Waals surface area (Å²) in [6, 6.07) is 4.92. The zero-order valence-electron chi connectivity index (χ0n) is 17.3. The zero-order valence-corrected chi connectivity index (χ0v) is 17.3. The number of anilines is 1. The topological polar surface area (TPSA) is 59.8 Å². The lowest BCUT2D eigenvalue weighted by Crippen LogP contribution is -2.31. The number of hydrogen-bond donors (Lipinski definition) is 1. The highest BCUT2D eigenvalue weighted by molar-refractivity contribution is 5.88. The van der Waals surface area contributed by atoms with Crippen LogP contribution in [-0.2, 0) is 11.7 Å². The molecule has 3 aromatic rings. The first-order valence-electron chi connectivity index (χ1n) is 9.96. The Morgan fingerprint density at radius 3 is 2.55 bits per heavy atom. The Balaban J connectivity index is 1.78. The Hall–Kier alpha value is -2.97. The molecule has 1 aliphatic rings. The van der Waals surface area contributed by atoms with E-state index in [1.54, 1.807) is 26.1 Å². The third-order valence-electron chi connectivity index (χ3n) is 5.93. The Kier molecular flexibility index (Phi) is 5.02. The summed E-state index contributed by atoms with van der Waals surface area (Å²) in [6.07, 6.45) is -1.74. The second-order valence-electron chi connectivity index (χ2n) is 8.14. The summed E-state index contributed by atoms with van der Waals surface area (Å²) in [5, 5.41) is 3.69. The van der Waals surface area contributed by atoms with Crippen molar-refractivity contribution in [2.24, 2.45) is 0 Å². The summed E-state index contributed by atoms with van der Waals surface area (Å²) < 4.78 is 54.9. The van der Waals surface area contributed by atoms with Gasteiger partial charge in [-0.1, -0.05) is 12.1 Å². The molecular formula is C22H22F4N4O. The summed E-state index contributed by atoms with van der Waals surface area (Å²) >= 11 is 0. The van der Waals surface area contributed by atoms with Crippen molar-refractivity contribution in [2.75, 3.05) is 12.0 Å². The van der Waals surface area contributed by atoms with Gasteiger partial charge < -0.3 is 9.88 Å². The first-order valence-corrected chi connectivity index (χ1v) is 9.96. The van der Waals surface area contributed by atoms with Gasteiger partial charge in [0.25, 0.3) is 5.56 Å². The van der Waals surface area contributed by atoms with Crippen molar-refractivity contribution in [3.8, 4) is 0 Å². The van der Waals surface area contributed by atoms with Gasteiger partial charge in [-0.05, 0) is 50.8 Å². The van der Waals surface area contributed by atoms with Crippen LogP contribution in [0, 0.1) is 13.8 Å². The van der Waals surface area contributed by atoms with E-state index in [2.05, 4.69) is 15.3 Å². The van der Waals surface area contributed by atoms with Crippen molar-refractivity contribution < 1.29 is 17.6 Å². The van der Waals surface area contributed by atoms with Crippen molar-refractivity contribution in [1.82, 2.24) is 14.5 Å². The fourth-order valence-corrected chi connectivity index (χ4v) is 4.00. The van der Waals surface area contributed by atoms with Crippen molar-refractivity contribution in [2.45, 2.75) is 51.4 Å². The Morgan fingerprint density at radius 2 is 1.94 bits per heavy atom. The third-order valence-corrected chi connectivity index (χ3v) is 5.93. The minimum atomic E-state index is -4.45. The molecule has 1 fully saturated rings. The molecule has 0 radical (unpaired) electrons. The van der Waals surface area contributed by atoms with E-state index in [1.807, 2.05) is 0 Å². The molecule has 0 bridgehead atoms. The number of benzene rings is 1. The average molecular weight is 434 g/mol. The molecule has 4 rings (SSSR count). The van der Waals surface area contributed by atoms with Crippen molar-refractivity contribution in [1.29, 1.82) is 0 Å². The number of halogens is 4. The maximum absolute atomic E-state index is 13.6. The molecule has 0 saturated heterocycles. The summed E-state index contributed by atoms with van der Waals surface area (Å²) in [5.74, 6) is 0.793. The molecule has 2 heterocycles. The summed E-state index contributed by atoms with van der Waals surface area (Å²) in [5.41, 5.74) is -0.829. The number of nitrogens with one attached hydrogen (secondary N) is 1. The van der Waals surface area contributed by atoms with E-state index in [-0.39, 0.29) is 11.1 Å². The molecule has 0 aliphatic heterocycles. The van der Waals surface area contributed by atoms with Gasteiger partial charge >= 0.3 is 6.18 Å². The first-order chi connectivity index (χ1) is 14.6. The number of pyridine rings is 1. The van der Waals surface area contributed by atoms with Gasteiger partial charge in [0, 0.05) is 12.3 Å². The molecule has 2 aromatic heterocycles. The molecule has 1 N–H and O–H groups in total. The van der Waals surface area contributed by atoms with Gasteiger partial charge in [-0.2, -0.15) is 13.2 Å². The van der Waals surface area contributed by atoms with Crippen LogP contribution in [-0.4, -0.2) is 21.2 Å². The van der Waals surface area contributed by atoms with Gasteiger partial charge in [0.15, 0.2) is 0 Å². The smallest absolute Gasteiger partial charge is 0.363 e. The predicted octanol–water partition coefficient (Wildman–Crippen LogP) is 5.06. The van der Waals surface area contributed by atoms with E-state index >= 15 is 0 Å². The van der Waals surface area contributed by atoms with Crippen LogP contribution < -0.4 is 10.9 Å². The van der Waals surface area contributed by atoms with Crippen LogP contribution in [0.3, 0.4) is 0 Å². The highest BCUT2D eigenvalue weighted by Gasteiger charge is 2.45. The standard InChI is InChI=1S/C22H22F4N4O/c1-12-15(5-4-6-17(12)22(24,25)26)13(2)27-20-16-10-30(21(11-23)7-8-21)19(31)9-18(16)28-14(3)29-20/h4-6,9-10,13H,7-8,11H2,1-3H3,(H,27,28,29)/t13-/m1/s1. The zero-order chi connectivity index (χ0) is 22.6. The van der Waals surface area contributed by atoms with Crippen LogP contribution in [0.5, 0.6) is 0 Å². The lowest BCUT2D eigenvalue weighted by Gasteiger charge is -2.22. The molecule has 9 heteroatoms. The SMILES string of the molecule is Cc1nc(N[C@H](C)c2cccc(C(F)(F)F)c2C)c2cn(C3(CF)CC3)c(=O)cc2n1. The van der Waals surface area contributed by atoms with E-state index in [4.69, 9.17) is 0 Å². The summed E-state index contributed by atoms with van der Waals surface area (Å²) in [7, 11) is 0. The van der Waals surface area contributed by atoms with Crippen LogP contribution >= 0.6 is 0 Å². The Morgan fingerprint density at radius 1 is 1.23 bits per heavy atom. The van der Waals surface area contributed by atoms with Gasteiger partial charge in [0.05, 0.1) is 28.0 Å². The Bertz CT molecular complexity index is 1210. The number of nitrogens with zero attached hydrogens (tertiary/aromatic N) is 3. The first kappa shape index (κ1) is 21.3. The third kappa shape index (κ3) is 3.77. The minimum Gasteiger partial charge on any atom is -0.363 e. The fourth-order valence-electron chi connectivity index (χ4n) is 4.00. The maximum Gasteiger partial charge on any atom is 0.416 e. The minimum absolute atomic E-state index is 0.136. The van der Waals surface area contributed by atoms with Crippen molar-refractivity contribution >= 4 is 16.7 Å². The lowest BCUT2D eigenvalue weighted by atomic mass is 9.97. The molecule has 164 valence electrons. The number of alkyl halides is 4. The molecule has 0 amide bonds. The van der Waals surface area contributed by atoms with Crippen molar-refractivity contribution in [3.05, 3.63) is 63.3 Å². The van der Waals surface area contributed by atoms with Gasteiger partial charge in [-0.15, -0.1) is 0 Å². The predicted molar refractivity (Wildman–Crippen MR) is 110 cm³/mol. The van der Waals surface area contributed by atoms with Crippen LogP contribution in [0.15, 0.2) is 35.3 Å². The summed E-state index contributed by atoms with van der Waals surface area (Å²) in [6.45, 7) is 4.20. The molecular weight excluding hydrogens is 412 g/mol. The van der Waals surface area contributed by atoms with E-state index in [9.17, 15) is 22.4 Å². The fraction of sp³-hybridized carbons (Fsp3) is 0.409. The highest BCUT2D eigenvalue weighted by Crippen LogP contribution is 2.43. The Labute approximate surface area is 176 Å². The van der Waals surface area contributed by atoms with Crippen LogP contribution in [0.25, 0.3) is 10.9 Å². The maximum atomic E-state index is 13.6. The largest absolute Gasteiger partial charge is 0.416 e. The molecule has 0 spiro atoms. The molecule has 1 saturated carbocycles. The normalized spacial score (nSPS) is 16.4. The van der Waals surface area contributed by atoms with E-state index in [0.717, 1.165) is 6.07 Å². The van der Waals surface area contributed by atoms with E-state index in [0.29, 0.717) is 41.0 Å². The highest BCUT2D eigenvalue weighted by atomic mass is 19.4. The second kappa shape index (κ2) is 7.32. The van der Waals surface area contributed by atoms with E-state index < -0.39 is 30.0 Å². The van der Waals surface area contributed by atoms with E-state index in [1.165, 1.54) is 23.6 Å². The average Bonchev–Trinajstić information content (AvgIpc) is 3.47. The molecule has 0 unspecified atom stereocenters. The monoisotopic (exact) mass is 434 g/mol. The number of aryl methyl sites for hydroxylation is 1. The number of fused-ring (bicyclic) bond motifs is 1. The summed E-state index contributed by atoms with van der Waals surface area (Å²) in [4.78, 5) is 21.2. The molecule has 1 aliphatic carbocycles. The van der Waals surface area contributed by atoms with Gasteiger partial charge in [-0.25, -0.2) is 14.4 Å². The quantitative estimate of drug-likeness (QED) is 0.571.